The summed E-state index contributed by atoms with van der Waals surface area (Å²) >= 11 is 2.96. The number of rotatable bonds is 3. The van der Waals surface area contributed by atoms with E-state index in [1.54, 1.807) is 0 Å². The average molecular weight is 344 g/mol. The minimum absolute atomic E-state index is 0.104. The van der Waals surface area contributed by atoms with Crippen LogP contribution in [0.1, 0.15) is 5.56 Å². The van der Waals surface area contributed by atoms with E-state index in [9.17, 15) is 24.1 Å². The number of halogens is 2. The SMILES string of the molecule is O=c1[nH]c(=O)n(Cc2cc(F)cc([N+](=O)[O-])c2)cc1Br. The van der Waals surface area contributed by atoms with Gasteiger partial charge in [-0.05, 0) is 27.6 Å². The predicted octanol–water partition coefficient (Wildman–Crippen LogP) is 1.39. The molecule has 0 unspecified atom stereocenters. The molecule has 104 valence electrons. The molecule has 1 aromatic heterocycles. The molecule has 0 spiro atoms. The summed E-state index contributed by atoms with van der Waals surface area (Å²) in [5.41, 5.74) is -1.45. The summed E-state index contributed by atoms with van der Waals surface area (Å²) < 4.78 is 14.5. The van der Waals surface area contributed by atoms with Crippen LogP contribution >= 0.6 is 15.9 Å². The van der Waals surface area contributed by atoms with E-state index in [0.29, 0.717) is 0 Å². The Bertz CT molecular complexity index is 799. The number of nitro groups is 1. The van der Waals surface area contributed by atoms with Crippen molar-refractivity contribution < 1.29 is 9.31 Å². The minimum Gasteiger partial charge on any atom is -0.295 e. The number of aromatic nitrogens is 2. The molecule has 0 amide bonds. The van der Waals surface area contributed by atoms with Gasteiger partial charge in [0.05, 0.1) is 22.0 Å². The van der Waals surface area contributed by atoms with Crippen LogP contribution in [0, 0.1) is 15.9 Å². The van der Waals surface area contributed by atoms with E-state index >= 15 is 0 Å². The number of aromatic amines is 1. The summed E-state index contributed by atoms with van der Waals surface area (Å²) in [6, 6.07) is 3.03. The smallest absolute Gasteiger partial charge is 0.295 e. The molecule has 1 heterocycles. The summed E-state index contributed by atoms with van der Waals surface area (Å²) in [6.45, 7) is -0.104. The van der Waals surface area contributed by atoms with Crippen LogP contribution in [-0.4, -0.2) is 14.5 Å². The fraction of sp³-hybridized carbons (Fsp3) is 0.0909. The second-order valence-corrected chi connectivity index (χ2v) is 4.79. The third-order valence-corrected chi connectivity index (χ3v) is 3.04. The Morgan fingerprint density at radius 1 is 1.35 bits per heavy atom. The van der Waals surface area contributed by atoms with Crippen molar-refractivity contribution >= 4 is 21.6 Å². The van der Waals surface area contributed by atoms with E-state index in [4.69, 9.17) is 0 Å². The van der Waals surface area contributed by atoms with Crippen molar-refractivity contribution in [1.82, 2.24) is 9.55 Å². The molecule has 9 heteroatoms. The van der Waals surface area contributed by atoms with Crippen LogP contribution in [0.2, 0.25) is 0 Å². The number of nitrogens with zero attached hydrogens (tertiary/aromatic N) is 2. The zero-order valence-corrected chi connectivity index (χ0v) is 11.4. The number of benzene rings is 1. The van der Waals surface area contributed by atoms with Gasteiger partial charge in [0, 0.05) is 12.3 Å². The zero-order valence-electron chi connectivity index (χ0n) is 9.80. The van der Waals surface area contributed by atoms with E-state index in [1.807, 2.05) is 0 Å². The molecule has 20 heavy (non-hydrogen) atoms. The van der Waals surface area contributed by atoms with Crippen LogP contribution in [0.4, 0.5) is 10.1 Å². The first-order valence-corrected chi connectivity index (χ1v) is 6.09. The van der Waals surface area contributed by atoms with Crippen molar-refractivity contribution in [2.24, 2.45) is 0 Å². The maximum Gasteiger partial charge on any atom is 0.328 e. The molecule has 1 N–H and O–H groups in total. The Morgan fingerprint density at radius 3 is 2.70 bits per heavy atom. The van der Waals surface area contributed by atoms with Gasteiger partial charge in [0.15, 0.2) is 0 Å². The Morgan fingerprint density at radius 2 is 2.05 bits per heavy atom. The molecule has 2 rings (SSSR count). The Balaban J connectivity index is 2.45. The first-order valence-electron chi connectivity index (χ1n) is 5.30. The van der Waals surface area contributed by atoms with Gasteiger partial charge in [0.25, 0.3) is 11.2 Å². The molecule has 1 aromatic carbocycles. The first kappa shape index (κ1) is 14.1. The van der Waals surface area contributed by atoms with Gasteiger partial charge in [0.1, 0.15) is 5.82 Å². The normalized spacial score (nSPS) is 10.5. The lowest BCUT2D eigenvalue weighted by Crippen LogP contribution is -2.30. The molecule has 7 nitrogen and oxygen atoms in total. The second kappa shape index (κ2) is 5.37. The number of H-pyrrole nitrogens is 1. The largest absolute Gasteiger partial charge is 0.328 e. The molecule has 2 aromatic rings. The lowest BCUT2D eigenvalue weighted by molar-refractivity contribution is -0.385. The number of nitro benzene ring substituents is 1. The quantitative estimate of drug-likeness (QED) is 0.672. The molecule has 0 radical (unpaired) electrons. The topological polar surface area (TPSA) is 98.0 Å². The summed E-state index contributed by atoms with van der Waals surface area (Å²) in [6.07, 6.45) is 1.23. The van der Waals surface area contributed by atoms with Crippen molar-refractivity contribution in [2.45, 2.75) is 6.54 Å². The van der Waals surface area contributed by atoms with E-state index in [-0.39, 0.29) is 16.6 Å². The molecule has 0 saturated carbocycles. The van der Waals surface area contributed by atoms with Crippen LogP contribution in [0.5, 0.6) is 0 Å². The van der Waals surface area contributed by atoms with E-state index < -0.39 is 27.7 Å². The van der Waals surface area contributed by atoms with Gasteiger partial charge in [-0.1, -0.05) is 0 Å². The summed E-state index contributed by atoms with van der Waals surface area (Å²) in [4.78, 5) is 34.7. The molecule has 0 saturated heterocycles. The second-order valence-electron chi connectivity index (χ2n) is 3.94. The fourth-order valence-corrected chi connectivity index (χ4v) is 1.97. The van der Waals surface area contributed by atoms with E-state index in [1.165, 1.54) is 6.20 Å². The van der Waals surface area contributed by atoms with Crippen molar-refractivity contribution in [3.05, 3.63) is 71.2 Å². The van der Waals surface area contributed by atoms with Gasteiger partial charge >= 0.3 is 5.69 Å². The molecule has 0 fully saturated rings. The van der Waals surface area contributed by atoms with Gasteiger partial charge < -0.3 is 0 Å². The Hall–Kier alpha value is -2.29. The lowest BCUT2D eigenvalue weighted by atomic mass is 10.2. The van der Waals surface area contributed by atoms with Crippen LogP contribution in [0.15, 0.2) is 38.5 Å². The summed E-state index contributed by atoms with van der Waals surface area (Å²) in [7, 11) is 0. The highest BCUT2D eigenvalue weighted by Gasteiger charge is 2.11. The summed E-state index contributed by atoms with van der Waals surface area (Å²) in [5, 5.41) is 10.6. The maximum atomic E-state index is 13.3. The Labute approximate surface area is 119 Å². The molecule has 0 atom stereocenters. The fourth-order valence-electron chi connectivity index (χ4n) is 1.63. The highest BCUT2D eigenvalue weighted by molar-refractivity contribution is 9.10. The Kier molecular flexibility index (Phi) is 3.79. The average Bonchev–Trinajstić information content (AvgIpc) is 2.35. The number of non-ortho nitro benzene ring substituents is 1. The van der Waals surface area contributed by atoms with Gasteiger partial charge in [-0.2, -0.15) is 0 Å². The van der Waals surface area contributed by atoms with Gasteiger partial charge in [-0.15, -0.1) is 0 Å². The monoisotopic (exact) mass is 343 g/mol. The predicted molar refractivity (Wildman–Crippen MR) is 71.2 cm³/mol. The summed E-state index contributed by atoms with van der Waals surface area (Å²) in [5.74, 6) is -0.772. The highest BCUT2D eigenvalue weighted by atomic mass is 79.9. The van der Waals surface area contributed by atoms with Crippen molar-refractivity contribution in [3.8, 4) is 0 Å². The number of hydrogen-bond donors (Lipinski definition) is 1. The van der Waals surface area contributed by atoms with E-state index in [0.717, 1.165) is 22.8 Å². The van der Waals surface area contributed by atoms with Crippen molar-refractivity contribution in [2.75, 3.05) is 0 Å². The van der Waals surface area contributed by atoms with E-state index in [2.05, 4.69) is 20.9 Å². The molecular formula is C11H7BrFN3O4. The standard InChI is InChI=1S/C11H7BrFN3O4/c12-9-5-15(11(18)14-10(9)17)4-6-1-7(13)3-8(2-6)16(19)20/h1-3,5H,4H2,(H,14,17,18). The molecule has 0 aliphatic carbocycles. The van der Waals surface area contributed by atoms with Crippen molar-refractivity contribution in [3.63, 3.8) is 0 Å². The van der Waals surface area contributed by atoms with Gasteiger partial charge in [-0.25, -0.2) is 9.18 Å². The van der Waals surface area contributed by atoms with Crippen LogP contribution in [0.3, 0.4) is 0 Å². The van der Waals surface area contributed by atoms with Crippen LogP contribution in [0.25, 0.3) is 0 Å². The van der Waals surface area contributed by atoms with Crippen LogP contribution in [-0.2, 0) is 6.54 Å². The van der Waals surface area contributed by atoms with Gasteiger partial charge in [-0.3, -0.25) is 24.5 Å². The molecule has 0 aliphatic rings. The number of hydrogen-bond acceptors (Lipinski definition) is 4. The number of nitrogens with one attached hydrogen (secondary N) is 1. The molecule has 0 aliphatic heterocycles. The van der Waals surface area contributed by atoms with Gasteiger partial charge in [0.2, 0.25) is 0 Å². The highest BCUT2D eigenvalue weighted by Crippen LogP contribution is 2.16. The van der Waals surface area contributed by atoms with Crippen molar-refractivity contribution in [1.29, 1.82) is 0 Å². The first-order chi connectivity index (χ1) is 9.36. The maximum absolute atomic E-state index is 13.3. The molecule has 0 bridgehead atoms. The third-order valence-electron chi connectivity index (χ3n) is 2.47. The molecular weight excluding hydrogens is 337 g/mol. The zero-order chi connectivity index (χ0) is 14.9. The minimum atomic E-state index is -0.772. The lowest BCUT2D eigenvalue weighted by Gasteiger charge is -2.06. The van der Waals surface area contributed by atoms with Crippen LogP contribution < -0.4 is 11.2 Å². The third kappa shape index (κ3) is 2.99.